The highest BCUT2D eigenvalue weighted by atomic mass is 35.5. The molecule has 0 bridgehead atoms. The molecule has 3 aromatic carbocycles. The standard InChI is InChI=1S/C27H28ClNO3/c1-2-32-26(30)15-7-4-10-20-29(27(31)22-16-18-23(28)19-17-22)25-14-9-8-13-24(25)21-11-5-3-6-12-21/h3,5-6,8-9,11-14,16-19H,2,4,7,10,15,20H2,1H3. The van der Waals surface area contributed by atoms with E-state index in [9.17, 15) is 9.59 Å². The molecule has 0 aliphatic rings. The second-order valence-electron chi connectivity index (χ2n) is 7.46. The molecule has 0 saturated carbocycles. The van der Waals surface area contributed by atoms with Crippen molar-refractivity contribution in [1.82, 2.24) is 0 Å². The number of carbonyl (C=O) groups is 2. The molecule has 0 aliphatic heterocycles. The summed E-state index contributed by atoms with van der Waals surface area (Å²) in [5.41, 5.74) is 3.51. The molecule has 3 aromatic rings. The van der Waals surface area contributed by atoms with Crippen LogP contribution in [0.25, 0.3) is 11.1 Å². The first-order valence-electron chi connectivity index (χ1n) is 11.0. The SMILES string of the molecule is CCOC(=O)CCCCCN(C(=O)c1ccc(Cl)cc1)c1ccccc1-c1ccccc1. The van der Waals surface area contributed by atoms with E-state index in [2.05, 4.69) is 0 Å². The summed E-state index contributed by atoms with van der Waals surface area (Å²) < 4.78 is 5.00. The summed E-state index contributed by atoms with van der Waals surface area (Å²) in [5, 5.41) is 0.594. The molecule has 0 fully saturated rings. The van der Waals surface area contributed by atoms with Gasteiger partial charge in [-0.1, -0.05) is 66.6 Å². The number of hydrogen-bond donors (Lipinski definition) is 0. The highest BCUT2D eigenvalue weighted by Gasteiger charge is 2.20. The molecule has 0 saturated heterocycles. The molecule has 3 rings (SSSR count). The van der Waals surface area contributed by atoms with Crippen LogP contribution in [0.3, 0.4) is 0 Å². The van der Waals surface area contributed by atoms with Crippen LogP contribution in [0.5, 0.6) is 0 Å². The van der Waals surface area contributed by atoms with E-state index in [-0.39, 0.29) is 11.9 Å². The average molecular weight is 450 g/mol. The maximum atomic E-state index is 13.5. The molecule has 0 aromatic heterocycles. The molecule has 1 amide bonds. The van der Waals surface area contributed by atoms with Crippen LogP contribution in [0.1, 0.15) is 43.0 Å². The molecule has 0 aliphatic carbocycles. The highest BCUT2D eigenvalue weighted by Crippen LogP contribution is 2.32. The number of anilines is 1. The van der Waals surface area contributed by atoms with Gasteiger partial charge < -0.3 is 9.64 Å². The van der Waals surface area contributed by atoms with Gasteiger partial charge in [0.15, 0.2) is 0 Å². The molecule has 0 N–H and O–H groups in total. The maximum Gasteiger partial charge on any atom is 0.305 e. The molecule has 4 nitrogen and oxygen atoms in total. The fourth-order valence-corrected chi connectivity index (χ4v) is 3.73. The first-order chi connectivity index (χ1) is 15.6. The Balaban J connectivity index is 1.82. The molecule has 0 radical (unpaired) electrons. The largest absolute Gasteiger partial charge is 0.466 e. The molecule has 0 heterocycles. The molecule has 5 heteroatoms. The number of esters is 1. The smallest absolute Gasteiger partial charge is 0.305 e. The molecule has 166 valence electrons. The summed E-state index contributed by atoms with van der Waals surface area (Å²) >= 11 is 6.02. The van der Waals surface area contributed by atoms with Gasteiger partial charge in [-0.3, -0.25) is 9.59 Å². The van der Waals surface area contributed by atoms with Crippen molar-refractivity contribution >= 4 is 29.2 Å². The predicted octanol–water partition coefficient (Wildman–Crippen LogP) is 6.78. The van der Waals surface area contributed by atoms with E-state index in [1.54, 1.807) is 24.3 Å². The Morgan fingerprint density at radius 1 is 0.844 bits per heavy atom. The van der Waals surface area contributed by atoms with E-state index in [4.69, 9.17) is 16.3 Å². The lowest BCUT2D eigenvalue weighted by Gasteiger charge is -2.26. The van der Waals surface area contributed by atoms with E-state index >= 15 is 0 Å². The monoisotopic (exact) mass is 449 g/mol. The number of para-hydroxylation sites is 1. The van der Waals surface area contributed by atoms with Crippen molar-refractivity contribution in [3.8, 4) is 11.1 Å². The van der Waals surface area contributed by atoms with Gasteiger partial charge in [-0.05, 0) is 55.7 Å². The number of halogens is 1. The van der Waals surface area contributed by atoms with Crippen LogP contribution in [0.15, 0.2) is 78.9 Å². The summed E-state index contributed by atoms with van der Waals surface area (Å²) in [4.78, 5) is 26.9. The molecule has 0 unspecified atom stereocenters. The third-order valence-corrected chi connectivity index (χ3v) is 5.44. The predicted molar refractivity (Wildman–Crippen MR) is 130 cm³/mol. The minimum atomic E-state index is -0.170. The summed E-state index contributed by atoms with van der Waals surface area (Å²) in [7, 11) is 0. The minimum absolute atomic E-state index is 0.0737. The summed E-state index contributed by atoms with van der Waals surface area (Å²) in [6, 6.07) is 25.0. The zero-order valence-corrected chi connectivity index (χ0v) is 19.1. The van der Waals surface area contributed by atoms with Crippen LogP contribution in [-0.4, -0.2) is 25.0 Å². The number of benzene rings is 3. The Hall–Kier alpha value is -3.11. The number of nitrogens with zero attached hydrogens (tertiary/aromatic N) is 1. The van der Waals surface area contributed by atoms with Gasteiger partial charge in [0.1, 0.15) is 0 Å². The van der Waals surface area contributed by atoms with Gasteiger partial charge in [0, 0.05) is 29.1 Å². The summed E-state index contributed by atoms with van der Waals surface area (Å²) in [6.45, 7) is 2.76. The Bertz CT molecular complexity index is 1020. The number of amides is 1. The van der Waals surface area contributed by atoms with Crippen molar-refractivity contribution in [3.05, 3.63) is 89.4 Å². The van der Waals surface area contributed by atoms with Gasteiger partial charge >= 0.3 is 5.97 Å². The number of ether oxygens (including phenoxy) is 1. The summed E-state index contributed by atoms with van der Waals surface area (Å²) in [6.07, 6.45) is 2.75. The van der Waals surface area contributed by atoms with E-state index in [1.807, 2.05) is 66.4 Å². The first-order valence-corrected chi connectivity index (χ1v) is 11.4. The van der Waals surface area contributed by atoms with Crippen LogP contribution in [0.2, 0.25) is 5.02 Å². The minimum Gasteiger partial charge on any atom is -0.466 e. The van der Waals surface area contributed by atoms with Crippen LogP contribution < -0.4 is 4.90 Å². The lowest BCUT2D eigenvalue weighted by atomic mass is 10.0. The summed E-state index contributed by atoms with van der Waals surface area (Å²) in [5.74, 6) is -0.244. The topological polar surface area (TPSA) is 46.6 Å². The molecule has 32 heavy (non-hydrogen) atoms. The Kier molecular flexibility index (Phi) is 8.88. The number of carbonyl (C=O) groups excluding carboxylic acids is 2. The van der Waals surface area contributed by atoms with Gasteiger partial charge in [0.05, 0.1) is 12.3 Å². The van der Waals surface area contributed by atoms with Crippen LogP contribution in [0.4, 0.5) is 5.69 Å². The number of rotatable bonds is 10. The van der Waals surface area contributed by atoms with E-state index in [0.717, 1.165) is 36.1 Å². The Morgan fingerprint density at radius 3 is 2.25 bits per heavy atom. The van der Waals surface area contributed by atoms with Crippen LogP contribution in [-0.2, 0) is 9.53 Å². The van der Waals surface area contributed by atoms with Gasteiger partial charge in [0.2, 0.25) is 0 Å². The van der Waals surface area contributed by atoms with Crippen molar-refractivity contribution in [2.45, 2.75) is 32.6 Å². The normalized spacial score (nSPS) is 10.6. The van der Waals surface area contributed by atoms with Crippen molar-refractivity contribution in [3.63, 3.8) is 0 Å². The number of unbranched alkanes of at least 4 members (excludes halogenated alkanes) is 2. The molecular formula is C27H28ClNO3. The quantitative estimate of drug-likeness (QED) is 0.253. The second-order valence-corrected chi connectivity index (χ2v) is 7.90. The maximum absolute atomic E-state index is 13.5. The van der Waals surface area contributed by atoms with Crippen molar-refractivity contribution in [2.75, 3.05) is 18.1 Å². The van der Waals surface area contributed by atoms with E-state index < -0.39 is 0 Å². The Labute approximate surface area is 194 Å². The third kappa shape index (κ3) is 6.44. The Morgan fingerprint density at radius 2 is 1.53 bits per heavy atom. The van der Waals surface area contributed by atoms with Crippen LogP contribution in [0, 0.1) is 0 Å². The lowest BCUT2D eigenvalue weighted by Crippen LogP contribution is -2.32. The van der Waals surface area contributed by atoms with Gasteiger partial charge in [-0.2, -0.15) is 0 Å². The van der Waals surface area contributed by atoms with Crippen molar-refractivity contribution < 1.29 is 14.3 Å². The van der Waals surface area contributed by atoms with E-state index in [1.165, 1.54) is 0 Å². The van der Waals surface area contributed by atoms with Gasteiger partial charge in [-0.15, -0.1) is 0 Å². The van der Waals surface area contributed by atoms with Crippen molar-refractivity contribution in [2.24, 2.45) is 0 Å². The third-order valence-electron chi connectivity index (χ3n) is 5.18. The van der Waals surface area contributed by atoms with Gasteiger partial charge in [0.25, 0.3) is 5.91 Å². The fraction of sp³-hybridized carbons (Fsp3) is 0.259. The number of hydrogen-bond acceptors (Lipinski definition) is 3. The van der Waals surface area contributed by atoms with E-state index in [0.29, 0.717) is 30.2 Å². The average Bonchev–Trinajstić information content (AvgIpc) is 2.82. The fourth-order valence-electron chi connectivity index (χ4n) is 3.60. The van der Waals surface area contributed by atoms with Gasteiger partial charge in [-0.25, -0.2) is 0 Å². The molecular weight excluding hydrogens is 422 g/mol. The van der Waals surface area contributed by atoms with Crippen LogP contribution >= 0.6 is 11.6 Å². The van der Waals surface area contributed by atoms with Crippen molar-refractivity contribution in [1.29, 1.82) is 0 Å². The lowest BCUT2D eigenvalue weighted by molar-refractivity contribution is -0.143. The first kappa shape index (κ1) is 23.6. The molecule has 0 spiro atoms. The molecule has 0 atom stereocenters. The zero-order valence-electron chi connectivity index (χ0n) is 18.3. The zero-order chi connectivity index (χ0) is 22.8. The second kappa shape index (κ2) is 12.1. The highest BCUT2D eigenvalue weighted by molar-refractivity contribution is 6.30.